The number of amides is 2. The average molecular weight is 717 g/mol. The molecule has 11 nitrogen and oxygen atoms in total. The highest BCUT2D eigenvalue weighted by atomic mass is 32.2. The van der Waals surface area contributed by atoms with Crippen molar-refractivity contribution < 1.29 is 23.3 Å². The lowest BCUT2D eigenvalue weighted by molar-refractivity contribution is -0.0262. The van der Waals surface area contributed by atoms with Crippen LogP contribution in [0.1, 0.15) is 99.0 Å². The lowest BCUT2D eigenvalue weighted by Gasteiger charge is -2.44. The van der Waals surface area contributed by atoms with Crippen LogP contribution in [0, 0.1) is 26.1 Å². The maximum Gasteiger partial charge on any atom is 0.410 e. The number of aryl methyl sites for hydroxylation is 2. The summed E-state index contributed by atoms with van der Waals surface area (Å²) in [5, 5.41) is 2.86. The first-order valence-corrected chi connectivity index (χ1v) is 19.7. The van der Waals surface area contributed by atoms with Crippen molar-refractivity contribution in [3.05, 3.63) is 76.7 Å². The van der Waals surface area contributed by atoms with Gasteiger partial charge in [-0.2, -0.15) is 4.98 Å². The first-order valence-electron chi connectivity index (χ1n) is 17.7. The summed E-state index contributed by atoms with van der Waals surface area (Å²) in [6.45, 7) is 15.6. The molecule has 274 valence electrons. The van der Waals surface area contributed by atoms with Gasteiger partial charge >= 0.3 is 6.09 Å². The van der Waals surface area contributed by atoms with Gasteiger partial charge in [-0.25, -0.2) is 13.4 Å². The third-order valence-corrected chi connectivity index (χ3v) is 11.3. The summed E-state index contributed by atoms with van der Waals surface area (Å²) in [4.78, 5) is 40.2. The minimum Gasteiger partial charge on any atom is -0.478 e. The Morgan fingerprint density at radius 2 is 1.88 bits per heavy atom. The maximum atomic E-state index is 14.1. The van der Waals surface area contributed by atoms with Crippen molar-refractivity contribution in [2.45, 2.75) is 102 Å². The number of piperazine rings is 1. The number of benzene rings is 1. The molecule has 2 fully saturated rings. The molecule has 1 saturated heterocycles. The molecule has 3 heterocycles. The quantitative estimate of drug-likeness (QED) is 0.227. The zero-order valence-electron chi connectivity index (χ0n) is 31.5. The molecular weight excluding hydrogens is 665 g/mol. The van der Waals surface area contributed by atoms with E-state index in [-0.39, 0.29) is 12.1 Å². The topological polar surface area (TPSA) is 126 Å². The summed E-state index contributed by atoms with van der Waals surface area (Å²) in [7, 11) is -1.47. The van der Waals surface area contributed by atoms with Crippen LogP contribution < -0.4 is 10.1 Å². The molecule has 0 radical (unpaired) electrons. The summed E-state index contributed by atoms with van der Waals surface area (Å²) in [5.74, 6) is 0.919. The van der Waals surface area contributed by atoms with Crippen LogP contribution in [0.25, 0.3) is 0 Å². The van der Waals surface area contributed by atoms with Gasteiger partial charge in [0.1, 0.15) is 17.2 Å². The summed E-state index contributed by atoms with van der Waals surface area (Å²) < 4.78 is 31.3. The molecule has 2 aliphatic rings. The number of ether oxygens (including phenoxy) is 2. The Morgan fingerprint density at radius 3 is 2.47 bits per heavy atom. The molecule has 1 aromatic carbocycles. The number of nitrogens with zero attached hydrogens (tertiary/aromatic N) is 5. The van der Waals surface area contributed by atoms with Gasteiger partial charge in [0.15, 0.2) is 5.60 Å². The SMILES string of the molecule is CCC[C@@](CN1CCN(C(=O)OC(C)(C)C)[C@H](C)C1)(Oc1cc(C)c(C(=O)Nc2nc#ccc2C)cc1S(C)(=O)=NC)c1ccc(C2CC2)cn1. The Balaban J connectivity index is 1.54. The molecule has 5 rings (SSSR count). The summed E-state index contributed by atoms with van der Waals surface area (Å²) in [6.07, 6.45) is 9.58. The minimum atomic E-state index is -2.98. The summed E-state index contributed by atoms with van der Waals surface area (Å²) >= 11 is 0. The minimum absolute atomic E-state index is 0.0970. The molecule has 1 aliphatic carbocycles. The Labute approximate surface area is 303 Å². The molecule has 51 heavy (non-hydrogen) atoms. The highest BCUT2D eigenvalue weighted by Gasteiger charge is 2.41. The molecule has 2 amide bonds. The second-order valence-corrected chi connectivity index (χ2v) is 17.4. The van der Waals surface area contributed by atoms with Crippen LogP contribution in [0.15, 0.2) is 45.8 Å². The van der Waals surface area contributed by atoms with E-state index in [1.807, 2.05) is 47.7 Å². The first-order chi connectivity index (χ1) is 24.1. The second-order valence-electron chi connectivity index (χ2n) is 15.0. The van der Waals surface area contributed by atoms with Crippen molar-refractivity contribution >= 4 is 27.5 Å². The van der Waals surface area contributed by atoms with Crippen LogP contribution in [0.5, 0.6) is 5.75 Å². The zero-order chi connectivity index (χ0) is 37.1. The van der Waals surface area contributed by atoms with Crippen molar-refractivity contribution in [1.82, 2.24) is 19.8 Å². The smallest absolute Gasteiger partial charge is 0.410 e. The molecule has 0 spiro atoms. The maximum absolute atomic E-state index is 14.1. The molecular formula is C39H52N6O5S. The van der Waals surface area contributed by atoms with Crippen molar-refractivity contribution in [1.29, 1.82) is 0 Å². The van der Waals surface area contributed by atoms with Crippen molar-refractivity contribution in [3.8, 4) is 5.75 Å². The third-order valence-electron chi connectivity index (χ3n) is 9.50. The van der Waals surface area contributed by atoms with Gasteiger partial charge in [-0.05, 0) is 108 Å². The van der Waals surface area contributed by atoms with Crippen molar-refractivity contribution in [2.75, 3.05) is 44.8 Å². The van der Waals surface area contributed by atoms with E-state index < -0.39 is 26.8 Å². The standard InChI is InChI=1S/C39H52N6O5S/c1-10-17-39(34-16-15-30(23-42-34)29-13-14-29,25-44-19-20-45(28(4)24-44)37(47)50-38(5,6)7)49-32-21-27(3)31(22-33(32)51(9,48)40-8)36(46)43-35-26(2)12-11-18-41-35/h12,15-16,21-23,28-29H,10,13-14,17,19-20,24-25H2,1-9H3,(H,41,43,46)/t28-,39+,51?/m1/s1. The number of carbonyl (C=O) groups is 2. The van der Waals surface area contributed by atoms with Gasteiger partial charge in [-0.1, -0.05) is 19.4 Å². The molecule has 0 bridgehead atoms. The molecule has 12 heteroatoms. The number of anilines is 1. The Morgan fingerprint density at radius 1 is 1.14 bits per heavy atom. The Bertz CT molecular complexity index is 1860. The number of hydrogen-bond acceptors (Lipinski definition) is 9. The molecule has 1 saturated carbocycles. The van der Waals surface area contributed by atoms with E-state index in [9.17, 15) is 13.8 Å². The molecule has 1 aliphatic heterocycles. The lowest BCUT2D eigenvalue weighted by atomic mass is 9.90. The first kappa shape index (κ1) is 38.0. The fourth-order valence-electron chi connectivity index (χ4n) is 6.57. The van der Waals surface area contributed by atoms with E-state index >= 15 is 0 Å². The van der Waals surface area contributed by atoms with Gasteiger partial charge < -0.3 is 19.7 Å². The van der Waals surface area contributed by atoms with Crippen LogP contribution in [-0.4, -0.2) is 87.1 Å². The molecule has 3 atom stereocenters. The van der Waals surface area contributed by atoms with E-state index in [0.717, 1.165) is 17.7 Å². The number of rotatable bonds is 11. The van der Waals surface area contributed by atoms with Gasteiger partial charge in [0.05, 0.1) is 20.3 Å². The largest absolute Gasteiger partial charge is 0.478 e. The van der Waals surface area contributed by atoms with E-state index in [0.29, 0.717) is 66.1 Å². The van der Waals surface area contributed by atoms with Gasteiger partial charge in [0.2, 0.25) is 0 Å². The van der Waals surface area contributed by atoms with Crippen molar-refractivity contribution in [3.63, 3.8) is 0 Å². The van der Waals surface area contributed by atoms with E-state index in [4.69, 9.17) is 14.5 Å². The summed E-state index contributed by atoms with van der Waals surface area (Å²) in [6, 6.07) is 12.0. The van der Waals surface area contributed by atoms with Gasteiger partial charge in [0.25, 0.3) is 5.91 Å². The third kappa shape index (κ3) is 9.00. The summed E-state index contributed by atoms with van der Waals surface area (Å²) in [5.41, 5.74) is 2.18. The monoisotopic (exact) mass is 716 g/mol. The highest BCUT2D eigenvalue weighted by Crippen LogP contribution is 2.42. The number of pyridine rings is 1. The van der Waals surface area contributed by atoms with Crippen LogP contribution in [0.3, 0.4) is 0 Å². The molecule has 1 unspecified atom stereocenters. The van der Waals surface area contributed by atoms with Crippen molar-refractivity contribution in [2.24, 2.45) is 4.36 Å². The second kappa shape index (κ2) is 15.2. The van der Waals surface area contributed by atoms with Crippen LogP contribution in [0.4, 0.5) is 10.6 Å². The van der Waals surface area contributed by atoms with E-state index in [1.165, 1.54) is 25.5 Å². The van der Waals surface area contributed by atoms with Gasteiger partial charge in [-0.3, -0.25) is 14.7 Å². The predicted octanol–water partition coefficient (Wildman–Crippen LogP) is 6.93. The van der Waals surface area contributed by atoms with Crippen LogP contribution in [-0.2, 0) is 20.1 Å². The number of aromatic nitrogens is 2. The Hall–Kier alpha value is -4.21. The van der Waals surface area contributed by atoms with E-state index in [2.05, 4.69) is 50.9 Å². The highest BCUT2D eigenvalue weighted by molar-refractivity contribution is 7.93. The Kier molecular flexibility index (Phi) is 11.3. The number of hydrogen-bond donors (Lipinski definition) is 1. The normalized spacial score (nSPS) is 18.9. The van der Waals surface area contributed by atoms with Gasteiger partial charge in [0, 0.05) is 69.0 Å². The molecule has 1 N–H and O–H groups in total. The number of carbonyl (C=O) groups excluding carboxylic acids is 2. The number of nitrogens with one attached hydrogen (secondary N) is 1. The zero-order valence-corrected chi connectivity index (χ0v) is 32.3. The average Bonchev–Trinajstić information content (AvgIpc) is 3.91. The van der Waals surface area contributed by atoms with Crippen LogP contribution >= 0.6 is 0 Å². The van der Waals surface area contributed by atoms with E-state index in [1.54, 1.807) is 29.4 Å². The lowest BCUT2D eigenvalue weighted by Crippen LogP contribution is -2.58. The predicted molar refractivity (Wildman–Crippen MR) is 199 cm³/mol. The fourth-order valence-corrected chi connectivity index (χ4v) is 7.57. The molecule has 3 aromatic rings. The van der Waals surface area contributed by atoms with Crippen LogP contribution in [0.2, 0.25) is 0 Å². The fraction of sp³-hybridized carbons (Fsp3) is 0.538. The van der Waals surface area contributed by atoms with Gasteiger partial charge in [-0.15, -0.1) is 0 Å². The molecule has 2 aromatic heterocycles.